The van der Waals surface area contributed by atoms with E-state index in [2.05, 4.69) is 40.9 Å². The molecule has 0 saturated carbocycles. The Morgan fingerprint density at radius 1 is 0.440 bits per heavy atom. The van der Waals surface area contributed by atoms with Crippen molar-refractivity contribution >= 4 is 149 Å². The molecule has 0 aromatic heterocycles. The second kappa shape index (κ2) is 21.6. The van der Waals surface area contributed by atoms with Gasteiger partial charge in [-0.2, -0.15) is 69.2 Å². The van der Waals surface area contributed by atoms with Crippen LogP contribution in [0.5, 0.6) is 23.0 Å². The smallest absolute Gasteiger partial charge is 0.297 e. The van der Waals surface area contributed by atoms with Crippen molar-refractivity contribution in [1.29, 1.82) is 0 Å². The molecule has 1 aliphatic carbocycles. The summed E-state index contributed by atoms with van der Waals surface area (Å²) in [5.74, 6) is -3.79. The summed E-state index contributed by atoms with van der Waals surface area (Å²) in [6.07, 6.45) is 2.48. The van der Waals surface area contributed by atoms with E-state index in [0.717, 1.165) is 61.7 Å². The summed E-state index contributed by atoms with van der Waals surface area (Å²) >= 11 is 0. The monoisotopic (exact) mass is 1300 g/mol. The number of nitrogen functional groups attached to an aromatic ring is 1. The second-order valence-corrected chi connectivity index (χ2v) is 26.8. The molecule has 34 nitrogen and oxygen atoms in total. The van der Waals surface area contributed by atoms with Crippen LogP contribution < -0.4 is 10.5 Å². The van der Waals surface area contributed by atoms with E-state index in [4.69, 9.17) is 10.5 Å². The van der Waals surface area contributed by atoms with Gasteiger partial charge in [-0.25, -0.2) is 0 Å². The van der Waals surface area contributed by atoms with Crippen LogP contribution in [0.2, 0.25) is 0 Å². The number of nitrogens with two attached hydrogens (primary N) is 1. The molecule has 0 fully saturated rings. The van der Waals surface area contributed by atoms with Crippen molar-refractivity contribution in [2.45, 2.75) is 42.2 Å². The lowest BCUT2D eigenvalue weighted by Crippen LogP contribution is -2.05. The van der Waals surface area contributed by atoms with Crippen LogP contribution in [0, 0.1) is 0 Å². The highest BCUT2D eigenvalue weighted by molar-refractivity contribution is 7.90. The van der Waals surface area contributed by atoms with Crippen LogP contribution in [0.3, 0.4) is 0 Å². The highest BCUT2D eigenvalue weighted by Gasteiger charge is 2.32. The molecule has 7 aromatic carbocycles. The molecule has 0 aliphatic heterocycles. The van der Waals surface area contributed by atoms with Crippen LogP contribution in [-0.2, 0) is 70.8 Å². The predicted molar refractivity (Wildman–Crippen MR) is 287 cm³/mol. The van der Waals surface area contributed by atoms with Gasteiger partial charge in [-0.3, -0.25) is 31.9 Å². The van der Waals surface area contributed by atoms with Crippen molar-refractivity contribution < 1.29 is 111 Å². The van der Waals surface area contributed by atoms with Crippen LogP contribution in [0.1, 0.15) is 12.8 Å². The Morgan fingerprint density at radius 2 is 0.917 bits per heavy atom. The van der Waals surface area contributed by atoms with E-state index < -0.39 is 184 Å². The Morgan fingerprint density at radius 3 is 1.48 bits per heavy atom. The molecule has 0 spiro atoms. The number of phenolic OH excluding ortho intramolecular Hbond substituents is 3. The average molecular weight is 1300 g/mol. The Balaban J connectivity index is 1.27. The summed E-state index contributed by atoms with van der Waals surface area (Å²) < 4.78 is 252. The third-order valence-electron chi connectivity index (χ3n) is 11.8. The van der Waals surface area contributed by atoms with E-state index in [0.29, 0.717) is 24.3 Å². The van der Waals surface area contributed by atoms with Gasteiger partial charge in [0.05, 0.1) is 29.6 Å². The van der Waals surface area contributed by atoms with E-state index in [9.17, 15) is 106 Å². The topological polar surface area (TPSA) is 575 Å². The summed E-state index contributed by atoms with van der Waals surface area (Å²) in [4.78, 5) is -8.39. The number of benzene rings is 7. The highest BCUT2D eigenvalue weighted by Crippen LogP contribution is 2.51. The summed E-state index contributed by atoms with van der Waals surface area (Å²) in [7, 11) is -36.7. The maximum Gasteiger partial charge on any atom is 0.297 e. The van der Waals surface area contributed by atoms with Gasteiger partial charge in [0.25, 0.3) is 70.8 Å². The number of phenols is 3. The van der Waals surface area contributed by atoms with Gasteiger partial charge in [0.1, 0.15) is 74.2 Å². The zero-order chi connectivity index (χ0) is 62.2. The summed E-state index contributed by atoms with van der Waals surface area (Å²) in [5, 5.41) is 59.5. The SMILES string of the molecule is COc1ccc(N=Nc2c(S(=O)(=O)O)cc3c(S(=O)(=O)O)c(N=Nc4c(S(=O)(=O)O)cc5cc(S(=O)(=O)O)c(N=Nc6ccc7c(O)c(N=NC8=C(S(=O)(=O)O)C=CCC8)c(S(=O)(=O)O)cc7c6)c(O)c5c4N)ccc3c2O)c(S(=O)(=O)O)c1. The molecule has 84 heavy (non-hydrogen) atoms. The van der Waals surface area contributed by atoms with Gasteiger partial charge >= 0.3 is 0 Å². The van der Waals surface area contributed by atoms with Gasteiger partial charge in [0.15, 0.2) is 17.2 Å². The van der Waals surface area contributed by atoms with Crippen LogP contribution in [0.25, 0.3) is 32.3 Å². The minimum atomic E-state index is -5.75. The molecule has 0 bridgehead atoms. The maximum atomic E-state index is 13.1. The van der Waals surface area contributed by atoms with Crippen LogP contribution in [0.15, 0.2) is 166 Å². The van der Waals surface area contributed by atoms with Gasteiger partial charge < -0.3 is 25.8 Å². The number of hydrogen-bond acceptors (Lipinski definition) is 27. The van der Waals surface area contributed by atoms with Gasteiger partial charge in [0.2, 0.25) is 0 Å². The average Bonchev–Trinajstić information content (AvgIpc) is 0.894. The fourth-order valence-electron chi connectivity index (χ4n) is 8.12. The van der Waals surface area contributed by atoms with E-state index in [1.165, 1.54) is 6.08 Å². The van der Waals surface area contributed by atoms with Crippen LogP contribution in [-0.4, -0.2) is 113 Å². The lowest BCUT2D eigenvalue weighted by atomic mass is 10.0. The molecule has 0 heterocycles. The Hall–Kier alpha value is -8.43. The number of hydrogen-bond donors (Lipinski definition) is 11. The Kier molecular flexibility index (Phi) is 15.9. The Bertz CT molecular complexity index is 5130. The third kappa shape index (κ3) is 12.3. The molecule has 41 heteroatoms. The number of allylic oxidation sites excluding steroid dienone is 3. The number of methoxy groups -OCH3 is 1. The van der Waals surface area contributed by atoms with Crippen molar-refractivity contribution in [3.8, 4) is 23.0 Å². The quantitative estimate of drug-likeness (QED) is 0.0247. The number of ether oxygens (including phenoxy) is 1. The minimum absolute atomic E-state index is 0.119. The van der Waals surface area contributed by atoms with Crippen molar-refractivity contribution in [2.24, 2.45) is 40.9 Å². The lowest BCUT2D eigenvalue weighted by Gasteiger charge is -2.14. The molecule has 442 valence electrons. The van der Waals surface area contributed by atoms with Crippen molar-refractivity contribution in [3.63, 3.8) is 0 Å². The molecule has 0 unspecified atom stereocenters. The summed E-state index contributed by atoms with van der Waals surface area (Å²) in [6, 6.07) is 9.20. The zero-order valence-corrected chi connectivity index (χ0v) is 46.8. The molecule has 0 atom stereocenters. The molecule has 7 aromatic rings. The number of anilines is 1. The second-order valence-electron chi connectivity index (χ2n) is 17.1. The van der Waals surface area contributed by atoms with Gasteiger partial charge in [0, 0.05) is 22.2 Å². The predicted octanol–water partition coefficient (Wildman–Crippen LogP) is 8.11. The van der Waals surface area contributed by atoms with Crippen molar-refractivity contribution in [2.75, 3.05) is 12.8 Å². The molecule has 0 radical (unpaired) electrons. The maximum absolute atomic E-state index is 13.1. The first-order chi connectivity index (χ1) is 38.7. The first-order valence-corrected chi connectivity index (χ1v) is 32.1. The normalized spacial score (nSPS) is 14.4. The fourth-order valence-corrected chi connectivity index (χ4v) is 12.9. The number of azo groups is 4. The highest BCUT2D eigenvalue weighted by atomic mass is 32.2. The van der Waals surface area contributed by atoms with Crippen molar-refractivity contribution in [1.82, 2.24) is 0 Å². The largest absolute Gasteiger partial charge is 0.505 e. The molecule has 0 saturated heterocycles. The number of rotatable bonds is 16. The van der Waals surface area contributed by atoms with Gasteiger partial charge in [-0.05, 0) is 96.4 Å². The third-order valence-corrected chi connectivity index (χ3v) is 18.0. The number of nitrogens with zero attached hydrogens (tertiary/aromatic N) is 8. The zero-order valence-electron chi connectivity index (χ0n) is 41.1. The first kappa shape index (κ1) is 61.6. The molecule has 0 amide bonds. The van der Waals surface area contributed by atoms with Gasteiger partial charge in [-0.15, -0.1) is 30.7 Å². The summed E-state index contributed by atoms with van der Waals surface area (Å²) in [5.41, 5.74) is -1.78. The minimum Gasteiger partial charge on any atom is -0.505 e. The number of fused-ring (bicyclic) bond motifs is 3. The summed E-state index contributed by atoms with van der Waals surface area (Å²) in [6.45, 7) is 0. The lowest BCUT2D eigenvalue weighted by molar-refractivity contribution is 0.412. The fraction of sp³-hybridized carbons (Fsp3) is 0.0698. The molecule has 8 rings (SSSR count). The molecular formula is C43H33N9O25S7. The van der Waals surface area contributed by atoms with E-state index in [1.807, 2.05) is 0 Å². The van der Waals surface area contributed by atoms with Crippen molar-refractivity contribution in [3.05, 3.63) is 95.6 Å². The standard InChI is InChI=1S/C43H33N9O25S7/c1-77-21-7-10-26(29(16-21)79(59,60)61)47-52-38-33(83(71,72)73)17-24-23(41(38)54)9-11-27(43(24)84(74,75)76)48-49-36-30(80(62,63)64)14-19-15-32(82(68,69)70)39(42(55)34(19)35(36)44)50-45-20-6-8-22-18(12-20)13-31(81(65,66)67)37(40(22)53)51-46-25-4-2-3-5-28(25)78(56,57)58/h3,5-17,53-55H,2,4,44H2,1H3,(H,56,57,58)(H,59,60,61)(H,62,63,64)(H,65,66,67)(H,68,69,70)(H,71,72,73)(H,74,75,76). The van der Waals surface area contributed by atoms with E-state index in [1.54, 1.807) is 0 Å². The van der Waals surface area contributed by atoms with Gasteiger partial charge in [-0.1, -0.05) is 6.08 Å². The van der Waals surface area contributed by atoms with Crippen LogP contribution in [0.4, 0.5) is 45.5 Å². The molecular weight excluding hydrogens is 1270 g/mol. The molecule has 1 aliphatic rings. The molecule has 12 N–H and O–H groups in total. The first-order valence-electron chi connectivity index (χ1n) is 22.0. The van der Waals surface area contributed by atoms with Crippen LogP contribution >= 0.6 is 0 Å². The Labute approximate surface area is 471 Å². The number of aromatic hydroxyl groups is 3. The van der Waals surface area contributed by atoms with E-state index in [-0.39, 0.29) is 40.7 Å². The van der Waals surface area contributed by atoms with E-state index >= 15 is 0 Å².